The molecule has 4 rings (SSSR count). The molecule has 2 N–H and O–H groups in total. The lowest BCUT2D eigenvalue weighted by molar-refractivity contribution is -0.129. The molecule has 0 fully saturated rings. The van der Waals surface area contributed by atoms with Crippen LogP contribution < -0.4 is 10.9 Å². The quantitative estimate of drug-likeness (QED) is 0.516. The summed E-state index contributed by atoms with van der Waals surface area (Å²) in [6, 6.07) is 15.9. The zero-order valence-electron chi connectivity index (χ0n) is 16.5. The summed E-state index contributed by atoms with van der Waals surface area (Å²) in [5.74, 6) is -1.65. The summed E-state index contributed by atoms with van der Waals surface area (Å²) >= 11 is 0. The Morgan fingerprint density at radius 1 is 0.967 bits per heavy atom. The zero-order valence-corrected chi connectivity index (χ0v) is 16.5. The van der Waals surface area contributed by atoms with Gasteiger partial charge in [-0.25, -0.2) is 4.79 Å². The first kappa shape index (κ1) is 19.6. The third-order valence-electron chi connectivity index (χ3n) is 5.11. The van der Waals surface area contributed by atoms with Crippen LogP contribution in [0.4, 0.5) is 0 Å². The number of nitrogens with zero attached hydrogens (tertiary/aromatic N) is 1. The Hall–Kier alpha value is -3.74. The van der Waals surface area contributed by atoms with Crippen LogP contribution in [0.3, 0.4) is 0 Å². The Bertz CT molecular complexity index is 1130. The van der Waals surface area contributed by atoms with Gasteiger partial charge in [0.1, 0.15) is 0 Å². The maximum atomic E-state index is 13.0. The molecular formula is C23H21N3O4. The topological polar surface area (TPSA) is 97.4 Å². The highest BCUT2D eigenvalue weighted by atomic mass is 16.5. The molecule has 0 spiro atoms. The van der Waals surface area contributed by atoms with E-state index in [1.165, 1.54) is 6.92 Å². The van der Waals surface area contributed by atoms with E-state index in [1.807, 2.05) is 24.3 Å². The zero-order chi connectivity index (χ0) is 21.1. The van der Waals surface area contributed by atoms with Gasteiger partial charge in [-0.1, -0.05) is 36.4 Å². The molecule has 0 bridgehead atoms. The van der Waals surface area contributed by atoms with Crippen molar-refractivity contribution in [1.82, 2.24) is 15.8 Å². The molecule has 2 amide bonds. The molecular weight excluding hydrogens is 382 g/mol. The molecule has 7 nitrogen and oxygen atoms in total. The van der Waals surface area contributed by atoms with Gasteiger partial charge in [-0.2, -0.15) is 0 Å². The van der Waals surface area contributed by atoms with Crippen LogP contribution in [0.5, 0.6) is 0 Å². The van der Waals surface area contributed by atoms with Crippen LogP contribution in [0.15, 0.2) is 54.6 Å². The Labute approximate surface area is 173 Å². The molecule has 0 unspecified atom stereocenters. The number of benzene rings is 2. The normalized spacial score (nSPS) is 13.4. The highest BCUT2D eigenvalue weighted by molar-refractivity contribution is 6.06. The molecule has 0 saturated heterocycles. The van der Waals surface area contributed by atoms with Gasteiger partial charge in [-0.3, -0.25) is 25.4 Å². The van der Waals surface area contributed by atoms with Crippen molar-refractivity contribution in [1.29, 1.82) is 0 Å². The summed E-state index contributed by atoms with van der Waals surface area (Å²) in [7, 11) is 0. The summed E-state index contributed by atoms with van der Waals surface area (Å²) < 4.78 is 5.44. The summed E-state index contributed by atoms with van der Waals surface area (Å²) in [4.78, 5) is 42.0. The number of nitrogens with one attached hydrogen (secondary N) is 2. The first-order chi connectivity index (χ1) is 14.5. The minimum absolute atomic E-state index is 0.404. The molecule has 1 aliphatic rings. The predicted molar refractivity (Wildman–Crippen MR) is 111 cm³/mol. The van der Waals surface area contributed by atoms with Crippen LogP contribution in [-0.4, -0.2) is 28.9 Å². The van der Waals surface area contributed by atoms with Gasteiger partial charge in [-0.15, -0.1) is 0 Å². The Balaban J connectivity index is 1.46. The number of carbonyl (C=O) groups is 3. The van der Waals surface area contributed by atoms with Gasteiger partial charge >= 0.3 is 5.97 Å². The lowest BCUT2D eigenvalue weighted by atomic mass is 10.0. The minimum Gasteiger partial charge on any atom is -0.449 e. The van der Waals surface area contributed by atoms with Crippen molar-refractivity contribution < 1.29 is 19.1 Å². The smallest absolute Gasteiger partial charge is 0.339 e. The lowest BCUT2D eigenvalue weighted by Gasteiger charge is -2.16. The van der Waals surface area contributed by atoms with Crippen molar-refractivity contribution >= 4 is 28.7 Å². The van der Waals surface area contributed by atoms with E-state index in [0.717, 1.165) is 36.0 Å². The van der Waals surface area contributed by atoms with E-state index in [1.54, 1.807) is 30.3 Å². The number of para-hydroxylation sites is 1. The number of hydrogen-bond acceptors (Lipinski definition) is 5. The molecule has 1 aliphatic carbocycles. The highest BCUT2D eigenvalue weighted by Crippen LogP contribution is 2.30. The summed E-state index contributed by atoms with van der Waals surface area (Å²) in [6.45, 7) is 1.46. The van der Waals surface area contributed by atoms with E-state index in [9.17, 15) is 14.4 Å². The molecule has 7 heteroatoms. The summed E-state index contributed by atoms with van der Waals surface area (Å²) in [5.41, 5.74) is 8.04. The fourth-order valence-electron chi connectivity index (χ4n) is 3.60. The number of esters is 1. The van der Waals surface area contributed by atoms with Crippen molar-refractivity contribution in [3.05, 3.63) is 77.0 Å². The van der Waals surface area contributed by atoms with Crippen molar-refractivity contribution in [3.63, 3.8) is 0 Å². The van der Waals surface area contributed by atoms with Gasteiger partial charge in [0, 0.05) is 16.6 Å². The molecule has 0 radical (unpaired) electrons. The Kier molecular flexibility index (Phi) is 5.43. The molecule has 0 aliphatic heterocycles. The van der Waals surface area contributed by atoms with Crippen LogP contribution in [-0.2, 0) is 22.4 Å². The number of ether oxygens (including phenoxy) is 1. The maximum absolute atomic E-state index is 13.0. The van der Waals surface area contributed by atoms with Gasteiger partial charge in [0.15, 0.2) is 6.10 Å². The molecule has 152 valence electrons. The van der Waals surface area contributed by atoms with Crippen molar-refractivity contribution in [3.8, 4) is 0 Å². The van der Waals surface area contributed by atoms with Gasteiger partial charge in [0.2, 0.25) is 0 Å². The fraction of sp³-hybridized carbons (Fsp3) is 0.217. The van der Waals surface area contributed by atoms with E-state index in [4.69, 9.17) is 4.74 Å². The van der Waals surface area contributed by atoms with Crippen molar-refractivity contribution in [2.24, 2.45) is 0 Å². The predicted octanol–water partition coefficient (Wildman–Crippen LogP) is 2.73. The van der Waals surface area contributed by atoms with Gasteiger partial charge in [0.25, 0.3) is 11.8 Å². The van der Waals surface area contributed by atoms with Crippen LogP contribution in [0, 0.1) is 0 Å². The average Bonchev–Trinajstić information content (AvgIpc) is 3.23. The highest BCUT2D eigenvalue weighted by Gasteiger charge is 2.27. The van der Waals surface area contributed by atoms with Crippen molar-refractivity contribution in [2.75, 3.05) is 0 Å². The molecule has 30 heavy (non-hydrogen) atoms. The molecule has 1 aromatic heterocycles. The Morgan fingerprint density at radius 3 is 2.50 bits per heavy atom. The van der Waals surface area contributed by atoms with E-state index in [-0.39, 0.29) is 0 Å². The lowest BCUT2D eigenvalue weighted by Crippen LogP contribution is -2.46. The monoisotopic (exact) mass is 403 g/mol. The van der Waals surface area contributed by atoms with Gasteiger partial charge < -0.3 is 4.74 Å². The summed E-state index contributed by atoms with van der Waals surface area (Å²) in [5, 5.41) is 0.716. The number of aryl methyl sites for hydroxylation is 1. The maximum Gasteiger partial charge on any atom is 0.339 e. The second-order valence-corrected chi connectivity index (χ2v) is 7.14. The second kappa shape index (κ2) is 8.32. The third-order valence-corrected chi connectivity index (χ3v) is 5.11. The number of aromatic nitrogens is 1. The number of hydrazine groups is 1. The van der Waals surface area contributed by atoms with Crippen LogP contribution in [0.1, 0.15) is 45.3 Å². The number of carbonyl (C=O) groups excluding carboxylic acids is 3. The largest absolute Gasteiger partial charge is 0.449 e. The second-order valence-electron chi connectivity index (χ2n) is 7.14. The molecule has 3 aromatic rings. The average molecular weight is 403 g/mol. The van der Waals surface area contributed by atoms with Crippen molar-refractivity contribution in [2.45, 2.75) is 32.3 Å². The van der Waals surface area contributed by atoms with Gasteiger partial charge in [-0.05, 0) is 49.9 Å². The molecule has 0 saturated carbocycles. The van der Waals surface area contributed by atoms with E-state index < -0.39 is 23.9 Å². The molecule has 2 aromatic carbocycles. The van der Waals surface area contributed by atoms with Crippen LogP contribution in [0.2, 0.25) is 0 Å². The number of amides is 2. The van der Waals surface area contributed by atoms with E-state index >= 15 is 0 Å². The summed E-state index contributed by atoms with van der Waals surface area (Å²) in [6.07, 6.45) is 1.42. The SMILES string of the molecule is C[C@H](OC(=O)c1c2c(nc3ccccc13)CCC2)C(=O)NNC(=O)c1ccccc1. The number of pyridine rings is 1. The third kappa shape index (κ3) is 3.87. The Morgan fingerprint density at radius 2 is 1.70 bits per heavy atom. The minimum atomic E-state index is -1.09. The molecule has 1 heterocycles. The van der Waals surface area contributed by atoms with Crippen LogP contribution in [0.25, 0.3) is 10.9 Å². The first-order valence-corrected chi connectivity index (χ1v) is 9.81. The molecule has 1 atom stereocenters. The number of hydrogen-bond donors (Lipinski definition) is 2. The standard InChI is InChI=1S/C23H21N3O4/c1-14(21(27)25-26-22(28)15-8-3-2-4-9-15)30-23(29)20-16-10-5-6-12-18(16)24-19-13-7-11-17(19)20/h2-6,8-10,12,14H,7,11,13H2,1H3,(H,25,27)(H,26,28)/t14-/m0/s1. The van der Waals surface area contributed by atoms with Crippen LogP contribution >= 0.6 is 0 Å². The number of rotatable bonds is 4. The van der Waals surface area contributed by atoms with E-state index in [0.29, 0.717) is 16.5 Å². The van der Waals surface area contributed by atoms with Gasteiger partial charge in [0.05, 0.1) is 11.1 Å². The number of fused-ring (bicyclic) bond motifs is 2. The first-order valence-electron chi connectivity index (χ1n) is 9.81. The van der Waals surface area contributed by atoms with E-state index in [2.05, 4.69) is 15.8 Å². The fourth-order valence-corrected chi connectivity index (χ4v) is 3.60.